The first kappa shape index (κ1) is 7.88. The van der Waals surface area contributed by atoms with Crippen molar-refractivity contribution in [2.24, 2.45) is 5.73 Å². The van der Waals surface area contributed by atoms with Gasteiger partial charge in [0.1, 0.15) is 0 Å². The predicted molar refractivity (Wildman–Crippen MR) is 33.8 cm³/mol. The van der Waals surface area contributed by atoms with E-state index < -0.39 is 0 Å². The van der Waals surface area contributed by atoms with Gasteiger partial charge in [-0.3, -0.25) is 0 Å². The van der Waals surface area contributed by atoms with E-state index in [1.54, 1.807) is 0 Å². The van der Waals surface area contributed by atoms with Crippen molar-refractivity contribution < 1.29 is 4.74 Å². The molecule has 1 atom stereocenters. The van der Waals surface area contributed by atoms with Crippen LogP contribution in [0.15, 0.2) is 0 Å². The van der Waals surface area contributed by atoms with E-state index in [2.05, 4.69) is 5.32 Å². The van der Waals surface area contributed by atoms with Crippen LogP contribution in [-0.4, -0.2) is 33.4 Å². The highest BCUT2D eigenvalue weighted by atomic mass is 16.6. The highest BCUT2D eigenvalue weighted by Crippen LogP contribution is 2.03. The first-order valence-corrected chi connectivity index (χ1v) is 2.75. The third-order valence-corrected chi connectivity index (χ3v) is 0.665. The maximum absolute atomic E-state index is 5.11. The van der Waals surface area contributed by atoms with Crippen LogP contribution in [0.25, 0.3) is 0 Å². The maximum Gasteiger partial charge on any atom is 0.0931 e. The van der Waals surface area contributed by atoms with Crippen LogP contribution in [0.2, 0.25) is 0 Å². The lowest BCUT2D eigenvalue weighted by molar-refractivity contribution is 0.412. The standard InChI is InChI=1S/C3H7NO.C2H7N/c4-1-3-2-5-3;1-3-2/h3H,1-2,4H2;3H,1-2H3. The summed E-state index contributed by atoms with van der Waals surface area (Å²) in [6, 6.07) is 0. The second-order valence-corrected chi connectivity index (χ2v) is 1.69. The molecular weight excluding hydrogens is 104 g/mol. The Kier molecular flexibility index (Phi) is 4.95. The number of hydrogen-bond acceptors (Lipinski definition) is 3. The minimum absolute atomic E-state index is 0.412. The van der Waals surface area contributed by atoms with Crippen molar-refractivity contribution in [1.29, 1.82) is 0 Å². The van der Waals surface area contributed by atoms with Crippen molar-refractivity contribution in [2.45, 2.75) is 6.10 Å². The highest BCUT2D eigenvalue weighted by molar-refractivity contribution is 4.67. The minimum atomic E-state index is 0.412. The fourth-order valence-corrected chi connectivity index (χ4v) is 0.204. The summed E-state index contributed by atoms with van der Waals surface area (Å²) < 4.78 is 4.73. The molecule has 0 radical (unpaired) electrons. The lowest BCUT2D eigenvalue weighted by atomic mass is 10.5. The highest BCUT2D eigenvalue weighted by Gasteiger charge is 2.18. The van der Waals surface area contributed by atoms with Crippen LogP contribution in [0.1, 0.15) is 0 Å². The number of rotatable bonds is 1. The fourth-order valence-electron chi connectivity index (χ4n) is 0.204. The third kappa shape index (κ3) is 5.88. The molecule has 1 rings (SSSR count). The SMILES string of the molecule is CNC.NCC1CO1. The fraction of sp³-hybridized carbons (Fsp3) is 1.00. The second-order valence-electron chi connectivity index (χ2n) is 1.69. The molecule has 8 heavy (non-hydrogen) atoms. The molecule has 1 unspecified atom stereocenters. The van der Waals surface area contributed by atoms with Crippen molar-refractivity contribution in [1.82, 2.24) is 5.32 Å². The van der Waals surface area contributed by atoms with Gasteiger partial charge in [-0.1, -0.05) is 0 Å². The lowest BCUT2D eigenvalue weighted by Crippen LogP contribution is -2.05. The van der Waals surface area contributed by atoms with Crippen molar-refractivity contribution in [3.63, 3.8) is 0 Å². The van der Waals surface area contributed by atoms with Crippen molar-refractivity contribution >= 4 is 0 Å². The van der Waals surface area contributed by atoms with Crippen molar-refractivity contribution in [3.05, 3.63) is 0 Å². The van der Waals surface area contributed by atoms with E-state index in [9.17, 15) is 0 Å². The summed E-state index contributed by atoms with van der Waals surface area (Å²) >= 11 is 0. The molecule has 0 saturated carbocycles. The van der Waals surface area contributed by atoms with Crippen LogP contribution >= 0.6 is 0 Å². The molecule has 0 aromatic carbocycles. The Labute approximate surface area is 50.2 Å². The van der Waals surface area contributed by atoms with Gasteiger partial charge in [-0.2, -0.15) is 0 Å². The first-order valence-electron chi connectivity index (χ1n) is 2.75. The monoisotopic (exact) mass is 118 g/mol. The normalized spacial score (nSPS) is 23.6. The quantitative estimate of drug-likeness (QED) is 0.442. The van der Waals surface area contributed by atoms with E-state index in [1.807, 2.05) is 14.1 Å². The van der Waals surface area contributed by atoms with Gasteiger partial charge in [0, 0.05) is 6.54 Å². The van der Waals surface area contributed by atoms with Crippen LogP contribution < -0.4 is 11.1 Å². The molecule has 0 aliphatic carbocycles. The van der Waals surface area contributed by atoms with Crippen LogP contribution in [0.5, 0.6) is 0 Å². The summed E-state index contributed by atoms with van der Waals surface area (Å²) in [4.78, 5) is 0. The Morgan fingerprint density at radius 3 is 2.12 bits per heavy atom. The summed E-state index contributed by atoms with van der Waals surface area (Å²) in [5.41, 5.74) is 5.11. The minimum Gasteiger partial charge on any atom is -0.372 e. The van der Waals surface area contributed by atoms with Crippen LogP contribution in [0.3, 0.4) is 0 Å². The van der Waals surface area contributed by atoms with Crippen LogP contribution in [0.4, 0.5) is 0 Å². The number of hydrogen-bond donors (Lipinski definition) is 2. The summed E-state index contributed by atoms with van der Waals surface area (Å²) in [5, 5.41) is 2.75. The molecule has 0 aromatic rings. The summed E-state index contributed by atoms with van der Waals surface area (Å²) in [7, 11) is 3.75. The molecule has 0 amide bonds. The van der Waals surface area contributed by atoms with Crippen molar-refractivity contribution in [2.75, 3.05) is 27.2 Å². The summed E-state index contributed by atoms with van der Waals surface area (Å²) in [6.07, 6.45) is 0.412. The first-order chi connectivity index (χ1) is 3.85. The molecule has 1 aliphatic heterocycles. The maximum atomic E-state index is 5.11. The summed E-state index contributed by atoms with van der Waals surface area (Å²) in [5.74, 6) is 0. The van der Waals surface area contributed by atoms with E-state index in [0.717, 1.165) is 6.61 Å². The zero-order chi connectivity index (χ0) is 6.41. The second kappa shape index (κ2) is 5.03. The Bertz CT molecular complexity index is 45.7. The molecule has 0 bridgehead atoms. The van der Waals surface area contributed by atoms with Gasteiger partial charge < -0.3 is 15.8 Å². The predicted octanol–water partition coefficient (Wildman–Crippen LogP) is -0.820. The Morgan fingerprint density at radius 2 is 2.12 bits per heavy atom. The molecule has 50 valence electrons. The number of nitrogens with two attached hydrogens (primary N) is 1. The molecular formula is C5H14N2O. The van der Waals surface area contributed by atoms with Crippen molar-refractivity contribution in [3.8, 4) is 0 Å². The van der Waals surface area contributed by atoms with Crippen LogP contribution in [0, 0.1) is 0 Å². The molecule has 3 heteroatoms. The zero-order valence-electron chi connectivity index (χ0n) is 5.48. The van der Waals surface area contributed by atoms with Crippen LogP contribution in [-0.2, 0) is 4.74 Å². The molecule has 1 aliphatic rings. The topological polar surface area (TPSA) is 50.6 Å². The Morgan fingerprint density at radius 1 is 1.75 bits per heavy atom. The van der Waals surface area contributed by atoms with Gasteiger partial charge in [-0.05, 0) is 14.1 Å². The molecule has 3 nitrogen and oxygen atoms in total. The van der Waals surface area contributed by atoms with Gasteiger partial charge >= 0.3 is 0 Å². The molecule has 3 N–H and O–H groups in total. The van der Waals surface area contributed by atoms with Gasteiger partial charge in [0.2, 0.25) is 0 Å². The van der Waals surface area contributed by atoms with Gasteiger partial charge in [-0.25, -0.2) is 0 Å². The average Bonchev–Trinajstić information content (AvgIpc) is 2.48. The molecule has 1 fully saturated rings. The number of ether oxygens (including phenoxy) is 1. The molecule has 1 saturated heterocycles. The molecule has 0 aromatic heterocycles. The van der Waals surface area contributed by atoms with Gasteiger partial charge in [0.25, 0.3) is 0 Å². The molecule has 1 heterocycles. The average molecular weight is 118 g/mol. The van der Waals surface area contributed by atoms with E-state index in [4.69, 9.17) is 10.5 Å². The molecule has 0 spiro atoms. The smallest absolute Gasteiger partial charge is 0.0931 e. The van der Waals surface area contributed by atoms with E-state index in [-0.39, 0.29) is 0 Å². The van der Waals surface area contributed by atoms with Gasteiger partial charge in [0.05, 0.1) is 12.7 Å². The van der Waals surface area contributed by atoms with E-state index in [1.165, 1.54) is 0 Å². The van der Waals surface area contributed by atoms with E-state index >= 15 is 0 Å². The zero-order valence-corrected chi connectivity index (χ0v) is 5.48. The lowest BCUT2D eigenvalue weighted by Gasteiger charge is -1.71. The van der Waals surface area contributed by atoms with Gasteiger partial charge in [0.15, 0.2) is 0 Å². The number of epoxide rings is 1. The largest absolute Gasteiger partial charge is 0.372 e. The number of nitrogens with one attached hydrogen (secondary N) is 1. The third-order valence-electron chi connectivity index (χ3n) is 0.665. The Hall–Kier alpha value is -0.120. The Balaban J connectivity index is 0.000000145. The van der Waals surface area contributed by atoms with Gasteiger partial charge in [-0.15, -0.1) is 0 Å². The van der Waals surface area contributed by atoms with E-state index in [0.29, 0.717) is 12.6 Å². The summed E-state index contributed by atoms with van der Waals surface area (Å²) in [6.45, 7) is 1.58.